The van der Waals surface area contributed by atoms with Crippen LogP contribution in [0.1, 0.15) is 27.0 Å². The maximum absolute atomic E-state index is 12.5. The Labute approximate surface area is 186 Å². The van der Waals surface area contributed by atoms with Crippen molar-refractivity contribution in [1.82, 2.24) is 5.43 Å². The first-order valence-electron chi connectivity index (χ1n) is 9.75. The van der Waals surface area contributed by atoms with Crippen LogP contribution in [0.5, 0.6) is 11.5 Å². The molecule has 1 aliphatic rings. The van der Waals surface area contributed by atoms with Gasteiger partial charge < -0.3 is 14.4 Å². The number of benzene rings is 3. The summed E-state index contributed by atoms with van der Waals surface area (Å²) in [6.45, 7) is 1.54. The average molecular weight is 436 g/mol. The molecule has 31 heavy (non-hydrogen) atoms. The van der Waals surface area contributed by atoms with Crippen LogP contribution in [0, 0.1) is 0 Å². The molecule has 1 N–H and O–H groups in total. The van der Waals surface area contributed by atoms with Crippen LogP contribution in [-0.4, -0.2) is 26.3 Å². The number of amides is 1. The minimum atomic E-state index is -0.260. The summed E-state index contributed by atoms with van der Waals surface area (Å²) in [6, 6.07) is 18.9. The van der Waals surface area contributed by atoms with Gasteiger partial charge in [-0.1, -0.05) is 17.7 Å². The van der Waals surface area contributed by atoms with Crippen LogP contribution in [-0.2, 0) is 13.1 Å². The van der Waals surface area contributed by atoms with Gasteiger partial charge >= 0.3 is 0 Å². The number of rotatable bonds is 6. The van der Waals surface area contributed by atoms with Crippen molar-refractivity contribution < 1.29 is 14.3 Å². The number of hydrazone groups is 1. The van der Waals surface area contributed by atoms with Crippen LogP contribution in [0.3, 0.4) is 0 Å². The molecule has 1 amide bonds. The van der Waals surface area contributed by atoms with Gasteiger partial charge in [0.15, 0.2) is 11.5 Å². The lowest BCUT2D eigenvalue weighted by molar-refractivity contribution is 0.0955. The summed E-state index contributed by atoms with van der Waals surface area (Å²) in [5, 5.41) is 4.79. The number of hydrogen-bond acceptors (Lipinski definition) is 5. The van der Waals surface area contributed by atoms with E-state index < -0.39 is 0 Å². The van der Waals surface area contributed by atoms with Crippen LogP contribution < -0.4 is 19.8 Å². The molecular weight excluding hydrogens is 414 g/mol. The molecule has 0 atom stereocenters. The molecule has 6 nitrogen and oxygen atoms in total. The third-order valence-corrected chi connectivity index (χ3v) is 5.42. The lowest BCUT2D eigenvalue weighted by atomic mass is 10.1. The third kappa shape index (κ3) is 4.64. The molecule has 0 bridgehead atoms. The average Bonchev–Trinajstić information content (AvgIpc) is 3.22. The lowest BCUT2D eigenvalue weighted by Crippen LogP contribution is -2.18. The molecule has 0 radical (unpaired) electrons. The summed E-state index contributed by atoms with van der Waals surface area (Å²) in [5.74, 6) is 0.973. The highest BCUT2D eigenvalue weighted by molar-refractivity contribution is 6.30. The van der Waals surface area contributed by atoms with Gasteiger partial charge in [0, 0.05) is 29.4 Å². The van der Waals surface area contributed by atoms with E-state index in [2.05, 4.69) is 15.4 Å². The molecule has 0 fully saturated rings. The van der Waals surface area contributed by atoms with Crippen LogP contribution in [0.25, 0.3) is 0 Å². The Kier molecular flexibility index (Phi) is 6.09. The topological polar surface area (TPSA) is 63.2 Å². The molecule has 0 unspecified atom stereocenters. The van der Waals surface area contributed by atoms with Gasteiger partial charge in [0.1, 0.15) is 0 Å². The minimum Gasteiger partial charge on any atom is -0.493 e. The number of hydrogen-bond donors (Lipinski definition) is 1. The van der Waals surface area contributed by atoms with Gasteiger partial charge in [-0.2, -0.15) is 5.10 Å². The SMILES string of the molecule is COc1ccc(/C=N/NC(=O)c2ccc3c(c2)CN(c2ccc(Cl)cc2)C3)cc1OC. The summed E-state index contributed by atoms with van der Waals surface area (Å²) < 4.78 is 10.5. The molecule has 3 aromatic carbocycles. The van der Waals surface area contributed by atoms with E-state index in [9.17, 15) is 4.79 Å². The van der Waals surface area contributed by atoms with Crippen molar-refractivity contribution in [3.8, 4) is 11.5 Å². The number of methoxy groups -OCH3 is 2. The number of fused-ring (bicyclic) bond motifs is 1. The van der Waals surface area contributed by atoms with Gasteiger partial charge in [0.2, 0.25) is 0 Å². The van der Waals surface area contributed by atoms with E-state index in [4.69, 9.17) is 21.1 Å². The second kappa shape index (κ2) is 9.10. The predicted molar refractivity (Wildman–Crippen MR) is 122 cm³/mol. The Morgan fingerprint density at radius 1 is 0.968 bits per heavy atom. The van der Waals surface area contributed by atoms with Crippen LogP contribution in [0.15, 0.2) is 65.8 Å². The van der Waals surface area contributed by atoms with Gasteiger partial charge in [0.05, 0.1) is 20.4 Å². The predicted octanol–water partition coefficient (Wildman–Crippen LogP) is 4.64. The van der Waals surface area contributed by atoms with Gasteiger partial charge in [-0.3, -0.25) is 4.79 Å². The Bertz CT molecular complexity index is 1130. The molecule has 1 aliphatic heterocycles. The molecule has 0 aliphatic carbocycles. The summed E-state index contributed by atoms with van der Waals surface area (Å²) >= 11 is 5.99. The first-order valence-corrected chi connectivity index (χ1v) is 10.1. The van der Waals surface area contributed by atoms with Crippen LogP contribution in [0.2, 0.25) is 5.02 Å². The van der Waals surface area contributed by atoms with E-state index in [0.29, 0.717) is 22.1 Å². The highest BCUT2D eigenvalue weighted by atomic mass is 35.5. The highest BCUT2D eigenvalue weighted by Crippen LogP contribution is 2.30. The fraction of sp³-hybridized carbons (Fsp3) is 0.167. The number of carbonyl (C=O) groups excluding carboxylic acids is 1. The van der Waals surface area contributed by atoms with E-state index >= 15 is 0 Å². The van der Waals surface area contributed by atoms with Gasteiger partial charge in [-0.05, 0) is 71.3 Å². The Morgan fingerprint density at radius 3 is 2.45 bits per heavy atom. The summed E-state index contributed by atoms with van der Waals surface area (Å²) in [4.78, 5) is 14.8. The zero-order valence-electron chi connectivity index (χ0n) is 17.3. The smallest absolute Gasteiger partial charge is 0.271 e. The first kappa shape index (κ1) is 20.8. The zero-order valence-corrected chi connectivity index (χ0v) is 18.0. The fourth-order valence-electron chi connectivity index (χ4n) is 3.53. The fourth-order valence-corrected chi connectivity index (χ4v) is 3.66. The van der Waals surface area contributed by atoms with Gasteiger partial charge in [0.25, 0.3) is 5.91 Å². The molecule has 4 rings (SSSR count). The van der Waals surface area contributed by atoms with E-state index in [-0.39, 0.29) is 5.91 Å². The van der Waals surface area contributed by atoms with E-state index in [1.54, 1.807) is 32.6 Å². The Morgan fingerprint density at radius 2 is 1.71 bits per heavy atom. The van der Waals surface area contributed by atoms with E-state index in [0.717, 1.165) is 29.9 Å². The summed E-state index contributed by atoms with van der Waals surface area (Å²) in [5.41, 5.74) is 7.38. The standard InChI is InChI=1S/C24H22ClN3O3/c1-30-22-10-3-16(11-23(22)31-2)13-26-27-24(29)17-4-5-18-14-28(15-19(18)12-17)21-8-6-20(25)7-9-21/h3-13H,14-15H2,1-2H3,(H,27,29)/b26-13+. The molecule has 0 saturated heterocycles. The molecule has 7 heteroatoms. The summed E-state index contributed by atoms with van der Waals surface area (Å²) in [6.07, 6.45) is 1.56. The normalized spacial score (nSPS) is 12.7. The third-order valence-electron chi connectivity index (χ3n) is 5.17. The zero-order chi connectivity index (χ0) is 21.8. The number of ether oxygens (including phenoxy) is 2. The van der Waals surface area contributed by atoms with Crippen molar-refractivity contribution in [2.45, 2.75) is 13.1 Å². The maximum Gasteiger partial charge on any atom is 0.271 e. The Balaban J connectivity index is 1.41. The van der Waals surface area contributed by atoms with Crippen molar-refractivity contribution in [2.24, 2.45) is 5.10 Å². The molecule has 0 saturated carbocycles. The minimum absolute atomic E-state index is 0.260. The Hall–Kier alpha value is -3.51. The van der Waals surface area contributed by atoms with Crippen LogP contribution in [0.4, 0.5) is 5.69 Å². The second-order valence-corrected chi connectivity index (χ2v) is 7.57. The summed E-state index contributed by atoms with van der Waals surface area (Å²) in [7, 11) is 3.15. The van der Waals surface area contributed by atoms with Crippen LogP contribution >= 0.6 is 11.6 Å². The van der Waals surface area contributed by atoms with E-state index in [1.807, 2.05) is 48.5 Å². The molecule has 0 aromatic heterocycles. The maximum atomic E-state index is 12.5. The highest BCUT2D eigenvalue weighted by Gasteiger charge is 2.20. The first-order chi connectivity index (χ1) is 15.1. The molecular formula is C24H22ClN3O3. The monoisotopic (exact) mass is 435 g/mol. The number of halogens is 1. The number of carbonyl (C=O) groups is 1. The van der Waals surface area contributed by atoms with Gasteiger partial charge in [-0.25, -0.2) is 5.43 Å². The largest absolute Gasteiger partial charge is 0.493 e. The van der Waals surface area contributed by atoms with Crippen molar-refractivity contribution in [3.63, 3.8) is 0 Å². The quantitative estimate of drug-likeness (QED) is 0.452. The number of anilines is 1. The molecule has 158 valence electrons. The van der Waals surface area contributed by atoms with Crippen molar-refractivity contribution in [1.29, 1.82) is 0 Å². The molecule has 1 heterocycles. The number of nitrogens with one attached hydrogen (secondary N) is 1. The second-order valence-electron chi connectivity index (χ2n) is 7.13. The van der Waals surface area contributed by atoms with Gasteiger partial charge in [-0.15, -0.1) is 0 Å². The van der Waals surface area contributed by atoms with E-state index in [1.165, 1.54) is 5.56 Å². The molecule has 3 aromatic rings. The van der Waals surface area contributed by atoms with Crippen molar-refractivity contribution in [3.05, 3.63) is 87.9 Å². The van der Waals surface area contributed by atoms with Crippen molar-refractivity contribution >= 4 is 29.4 Å². The lowest BCUT2D eigenvalue weighted by Gasteiger charge is -2.17. The molecule has 0 spiro atoms. The van der Waals surface area contributed by atoms with Crippen molar-refractivity contribution in [2.75, 3.05) is 19.1 Å². The number of nitrogens with zero attached hydrogens (tertiary/aromatic N) is 2.